The normalized spacial score (nSPS) is 19.2. The number of benzene rings is 2. The van der Waals surface area contributed by atoms with E-state index in [1.54, 1.807) is 6.07 Å². The first kappa shape index (κ1) is 15.6. The lowest BCUT2D eigenvalue weighted by Gasteiger charge is -2.23. The van der Waals surface area contributed by atoms with Gasteiger partial charge < -0.3 is 10.2 Å². The summed E-state index contributed by atoms with van der Waals surface area (Å²) in [5.41, 5.74) is 2.81. The van der Waals surface area contributed by atoms with Crippen molar-refractivity contribution in [1.29, 1.82) is 0 Å². The summed E-state index contributed by atoms with van der Waals surface area (Å²) >= 11 is 0. The van der Waals surface area contributed by atoms with Gasteiger partial charge in [-0.25, -0.2) is 0 Å². The lowest BCUT2D eigenvalue weighted by atomic mass is 9.82. The fraction of sp³-hybridized carbons (Fsp3) is 0. The van der Waals surface area contributed by atoms with Gasteiger partial charge in [0.05, 0.1) is 0 Å². The second-order valence-corrected chi connectivity index (χ2v) is 5.76. The van der Waals surface area contributed by atoms with Crippen LogP contribution in [-0.4, -0.2) is 10.2 Å². The summed E-state index contributed by atoms with van der Waals surface area (Å²) in [4.78, 5) is 0. The molecule has 116 valence electrons. The molecule has 24 heavy (non-hydrogen) atoms. The maximum absolute atomic E-state index is 11.0. The highest BCUT2D eigenvalue weighted by Gasteiger charge is 2.33. The van der Waals surface area contributed by atoms with Gasteiger partial charge in [-0.3, -0.25) is 0 Å². The summed E-state index contributed by atoms with van der Waals surface area (Å²) < 4.78 is 0. The smallest absolute Gasteiger partial charge is 0.127 e. The average Bonchev–Trinajstić information content (AvgIpc) is 3.30. The first-order chi connectivity index (χ1) is 11.8. The van der Waals surface area contributed by atoms with Crippen LogP contribution in [0, 0.1) is 63.2 Å². The van der Waals surface area contributed by atoms with Crippen molar-refractivity contribution < 1.29 is 10.2 Å². The quantitative estimate of drug-likeness (QED) is 0.831. The van der Waals surface area contributed by atoms with Gasteiger partial charge in [0, 0.05) is 28.5 Å². The Balaban J connectivity index is 1.89. The van der Waals surface area contributed by atoms with E-state index >= 15 is 0 Å². The molecule has 0 spiro atoms. The molecular formula is C22H16O2. The van der Waals surface area contributed by atoms with Gasteiger partial charge >= 0.3 is 0 Å². The number of hydrogen-bond acceptors (Lipinski definition) is 2. The van der Waals surface area contributed by atoms with Gasteiger partial charge in [0.15, 0.2) is 0 Å². The monoisotopic (exact) mass is 312 g/mol. The molecular weight excluding hydrogens is 296 g/mol. The molecule has 2 fully saturated rings. The Morgan fingerprint density at radius 2 is 1.17 bits per heavy atom. The first-order valence-corrected chi connectivity index (χ1v) is 7.84. The zero-order chi connectivity index (χ0) is 16.5. The maximum atomic E-state index is 11.0. The zero-order valence-corrected chi connectivity index (χ0v) is 13.0. The van der Waals surface area contributed by atoms with Gasteiger partial charge in [-0.05, 0) is 63.0 Å². The third-order valence-corrected chi connectivity index (χ3v) is 4.27. The summed E-state index contributed by atoms with van der Waals surface area (Å²) in [7, 11) is 0. The largest absolute Gasteiger partial charge is 0.508 e. The molecule has 2 N–H and O–H groups in total. The van der Waals surface area contributed by atoms with E-state index in [1.165, 1.54) is 0 Å². The van der Waals surface area contributed by atoms with Gasteiger partial charge in [-0.2, -0.15) is 0 Å². The topological polar surface area (TPSA) is 40.5 Å². The molecule has 0 aliphatic heterocycles. The second-order valence-electron chi connectivity index (χ2n) is 5.76. The number of phenolic OH excluding ortho intramolecular Hbond substituents is 2. The minimum absolute atomic E-state index is 0.161. The van der Waals surface area contributed by atoms with Crippen molar-refractivity contribution >= 4 is 0 Å². The highest BCUT2D eigenvalue weighted by Crippen LogP contribution is 2.50. The Labute approximate surface area is 144 Å². The van der Waals surface area contributed by atoms with Crippen LogP contribution in [-0.2, 0) is 0 Å². The van der Waals surface area contributed by atoms with E-state index in [0.29, 0.717) is 16.7 Å². The molecule has 0 bridgehead atoms. The Kier molecular flexibility index (Phi) is 4.22. The predicted molar refractivity (Wildman–Crippen MR) is 94.3 cm³/mol. The van der Waals surface area contributed by atoms with Gasteiger partial charge in [-0.15, -0.1) is 0 Å². The molecule has 0 aromatic heterocycles. The Morgan fingerprint density at radius 1 is 0.625 bits per heavy atom. The third kappa shape index (κ3) is 2.68. The van der Waals surface area contributed by atoms with E-state index in [9.17, 15) is 10.2 Å². The van der Waals surface area contributed by atoms with Gasteiger partial charge in [0.25, 0.3) is 0 Å². The number of rotatable bonds is 3. The zero-order valence-electron chi connectivity index (χ0n) is 13.0. The van der Waals surface area contributed by atoms with Crippen LogP contribution in [0.1, 0.15) is 11.1 Å². The van der Waals surface area contributed by atoms with Crippen LogP contribution < -0.4 is 0 Å². The third-order valence-electron chi connectivity index (χ3n) is 4.27. The molecule has 2 saturated carbocycles. The molecule has 2 aromatic rings. The van der Waals surface area contributed by atoms with E-state index in [1.807, 2.05) is 81.7 Å². The van der Waals surface area contributed by atoms with E-state index in [0.717, 1.165) is 17.4 Å². The van der Waals surface area contributed by atoms with Crippen LogP contribution in [0.15, 0.2) is 36.4 Å². The van der Waals surface area contributed by atoms with Crippen LogP contribution in [0.25, 0.3) is 11.1 Å². The van der Waals surface area contributed by atoms with Crippen molar-refractivity contribution in [1.82, 2.24) is 0 Å². The maximum Gasteiger partial charge on any atom is 0.127 e. The molecule has 0 saturated heterocycles. The van der Waals surface area contributed by atoms with E-state index in [2.05, 4.69) is 0 Å². The second kappa shape index (κ2) is 6.51. The molecule has 0 atom stereocenters. The lowest BCUT2D eigenvalue weighted by Crippen LogP contribution is -2.07. The number of aromatic hydroxyl groups is 2. The van der Waals surface area contributed by atoms with Gasteiger partial charge in [0.2, 0.25) is 0 Å². The van der Waals surface area contributed by atoms with Crippen LogP contribution in [0.3, 0.4) is 0 Å². The molecule has 4 rings (SSSR count). The van der Waals surface area contributed by atoms with Crippen LogP contribution >= 0.6 is 0 Å². The van der Waals surface area contributed by atoms with Gasteiger partial charge in [0.1, 0.15) is 11.5 Å². The molecule has 2 aliphatic carbocycles. The fourth-order valence-electron chi connectivity index (χ4n) is 3.15. The van der Waals surface area contributed by atoms with Crippen molar-refractivity contribution in [2.24, 2.45) is 0 Å². The van der Waals surface area contributed by atoms with Crippen molar-refractivity contribution in [2.45, 2.75) is 0 Å². The predicted octanol–water partition coefficient (Wildman–Crippen LogP) is 4.27. The Bertz CT molecular complexity index is 708. The van der Waals surface area contributed by atoms with Crippen molar-refractivity contribution in [2.75, 3.05) is 0 Å². The Hall–Kier alpha value is -1.96. The fourth-order valence-corrected chi connectivity index (χ4v) is 3.15. The van der Waals surface area contributed by atoms with Crippen LogP contribution in [0.5, 0.6) is 11.5 Å². The summed E-state index contributed by atoms with van der Waals surface area (Å²) in [6.45, 7) is 0. The number of phenols is 2. The summed E-state index contributed by atoms with van der Waals surface area (Å²) in [6.07, 6.45) is 15.4. The van der Waals surface area contributed by atoms with Crippen LogP contribution in [0.4, 0.5) is 0 Å². The van der Waals surface area contributed by atoms with E-state index < -0.39 is 0 Å². The summed E-state index contributed by atoms with van der Waals surface area (Å²) in [5.74, 6) is 2.12. The average molecular weight is 312 g/mol. The highest BCUT2D eigenvalue weighted by atomic mass is 16.3. The summed E-state index contributed by atoms with van der Waals surface area (Å²) in [6, 6.07) is 11.2. The first-order valence-electron chi connectivity index (χ1n) is 7.84. The molecule has 0 unspecified atom stereocenters. The Morgan fingerprint density at radius 3 is 1.75 bits per heavy atom. The lowest BCUT2D eigenvalue weighted by molar-refractivity contribution is 0.455. The van der Waals surface area contributed by atoms with E-state index in [4.69, 9.17) is 0 Å². The van der Waals surface area contributed by atoms with Gasteiger partial charge in [-0.1, -0.05) is 30.3 Å². The molecule has 2 aliphatic rings. The molecule has 2 heteroatoms. The minimum Gasteiger partial charge on any atom is -0.508 e. The summed E-state index contributed by atoms with van der Waals surface area (Å²) in [5, 5.41) is 21.7. The molecule has 2 aromatic carbocycles. The number of hydrogen-bond donors (Lipinski definition) is 2. The van der Waals surface area contributed by atoms with Crippen molar-refractivity contribution in [3.05, 3.63) is 111 Å². The SMILES string of the molecule is Oc1cc(-c2ccccc2)c(O)c([C]2[CH][CH][CH][CH]2)c1[C]1[CH][CH][CH][CH]1. The molecule has 0 amide bonds. The molecule has 10 radical (unpaired) electrons. The van der Waals surface area contributed by atoms with Crippen molar-refractivity contribution in [3.8, 4) is 22.6 Å². The molecule has 2 nitrogen and oxygen atoms in total. The highest BCUT2D eigenvalue weighted by molar-refractivity contribution is 5.81. The molecule has 0 heterocycles. The van der Waals surface area contributed by atoms with Crippen molar-refractivity contribution in [3.63, 3.8) is 0 Å². The standard InChI is InChI=1S/C22H16O2/c23-19-14-18(15-8-2-1-3-9-15)22(24)21(17-12-6-7-13-17)20(19)16-10-4-5-11-16/h1-14,23-24H. The van der Waals surface area contributed by atoms with E-state index in [-0.39, 0.29) is 11.5 Å². The minimum atomic E-state index is 0.161. The van der Waals surface area contributed by atoms with Crippen LogP contribution in [0.2, 0.25) is 0 Å².